The highest BCUT2D eigenvalue weighted by molar-refractivity contribution is 6.04. The van der Waals surface area contributed by atoms with E-state index in [-0.39, 0.29) is 16.8 Å². The van der Waals surface area contributed by atoms with Crippen LogP contribution in [0.2, 0.25) is 0 Å². The molecule has 1 heteroatoms. The summed E-state index contributed by atoms with van der Waals surface area (Å²) < 4.78 is 79.1. The molecule has 9 rings (SSSR count). The first kappa shape index (κ1) is 23.5. The van der Waals surface area contributed by atoms with Crippen LogP contribution in [0.1, 0.15) is 12.3 Å². The van der Waals surface area contributed by atoms with Gasteiger partial charge in [-0.3, -0.25) is 0 Å². The van der Waals surface area contributed by atoms with Gasteiger partial charge in [0, 0.05) is 17.1 Å². The van der Waals surface area contributed by atoms with Crippen molar-refractivity contribution in [3.63, 3.8) is 0 Å². The molecule has 53 heavy (non-hydrogen) atoms. The third kappa shape index (κ3) is 6.53. The molecular weight excluding hydrogens is 639 g/mol. The number of fused-ring (bicyclic) bond motifs is 1. The molecule has 0 saturated carbocycles. The first-order valence-corrected chi connectivity index (χ1v) is 17.4. The maximum atomic E-state index is 9.42. The van der Waals surface area contributed by atoms with Gasteiger partial charge in [0.1, 0.15) is 0 Å². The second kappa shape index (κ2) is 14.3. The van der Waals surface area contributed by atoms with Gasteiger partial charge in [0.05, 0.1) is 12.3 Å². The predicted molar refractivity (Wildman–Crippen MR) is 226 cm³/mol. The van der Waals surface area contributed by atoms with Crippen LogP contribution in [0.25, 0.3) is 66.4 Å². The zero-order valence-corrected chi connectivity index (χ0v) is 28.6. The summed E-state index contributed by atoms with van der Waals surface area (Å²) in [6, 6.07) is 51.5. The first-order valence-electron chi connectivity index (χ1n) is 21.9. The number of anilines is 3. The van der Waals surface area contributed by atoms with E-state index in [9.17, 15) is 5.48 Å². The lowest BCUT2D eigenvalue weighted by Gasteiger charge is -2.26. The maximum absolute atomic E-state index is 9.42. The Hall–Kier alpha value is -6.96. The van der Waals surface area contributed by atoms with Crippen LogP contribution in [0.4, 0.5) is 17.1 Å². The summed E-state index contributed by atoms with van der Waals surface area (Å²) in [6.07, 6.45) is 0. The third-order valence-corrected chi connectivity index (χ3v) is 9.46. The number of rotatable bonds is 8. The van der Waals surface area contributed by atoms with E-state index in [1.165, 1.54) is 0 Å². The number of benzene rings is 9. The van der Waals surface area contributed by atoms with E-state index in [1.807, 2.05) is 97.1 Å². The highest BCUT2D eigenvalue weighted by atomic mass is 15.1. The second-order valence-corrected chi connectivity index (χ2v) is 12.7. The monoisotopic (exact) mass is 684 g/mol. The fraction of sp³-hybridized carbons (Fsp3) is 0. The molecule has 250 valence electrons. The molecule has 0 radical (unpaired) electrons. The average molecular weight is 685 g/mol. The molecule has 9 aromatic rings. The van der Waals surface area contributed by atoms with Gasteiger partial charge in [-0.25, -0.2) is 0 Å². The number of hydrogen-bond donors (Lipinski definition) is 0. The number of hydrogen-bond acceptors (Lipinski definition) is 1. The maximum Gasteiger partial charge on any atom is 0.0645 e. The lowest BCUT2D eigenvalue weighted by Crippen LogP contribution is -2.09. The normalized spacial score (nSPS) is 13.4. The van der Waals surface area contributed by atoms with Gasteiger partial charge in [0.15, 0.2) is 0 Å². The predicted octanol–water partition coefficient (Wildman–Crippen LogP) is 14.6. The molecule has 0 bridgehead atoms. The van der Waals surface area contributed by atoms with Crippen LogP contribution < -0.4 is 4.90 Å². The highest BCUT2D eigenvalue weighted by Gasteiger charge is 2.16. The molecule has 0 aliphatic rings. The van der Waals surface area contributed by atoms with Crippen LogP contribution in [-0.2, 0) is 0 Å². The summed E-state index contributed by atoms with van der Waals surface area (Å²) >= 11 is 0. The van der Waals surface area contributed by atoms with Crippen LogP contribution in [0.15, 0.2) is 224 Å². The van der Waals surface area contributed by atoms with Crippen LogP contribution in [0.3, 0.4) is 0 Å². The van der Waals surface area contributed by atoms with Gasteiger partial charge in [-0.15, -0.1) is 0 Å². The Kier molecular flexibility index (Phi) is 6.36. The lowest BCUT2D eigenvalue weighted by molar-refractivity contribution is 1.28. The van der Waals surface area contributed by atoms with E-state index in [0.717, 1.165) is 55.3 Å². The van der Waals surface area contributed by atoms with E-state index in [4.69, 9.17) is 6.85 Å². The largest absolute Gasteiger partial charge is 0.311 e. The summed E-state index contributed by atoms with van der Waals surface area (Å²) in [6.45, 7) is 0. The third-order valence-electron chi connectivity index (χ3n) is 9.46. The van der Waals surface area contributed by atoms with Crippen molar-refractivity contribution in [1.29, 1.82) is 0 Å². The molecule has 0 heterocycles. The molecule has 0 saturated heterocycles. The molecule has 0 aromatic heterocycles. The Labute approximate surface area is 324 Å². The van der Waals surface area contributed by atoms with Crippen molar-refractivity contribution >= 4 is 27.8 Å². The van der Waals surface area contributed by atoms with Gasteiger partial charge in [0.2, 0.25) is 0 Å². The van der Waals surface area contributed by atoms with Crippen molar-refractivity contribution in [3.8, 4) is 55.6 Å². The van der Waals surface area contributed by atoms with E-state index in [0.29, 0.717) is 11.4 Å². The van der Waals surface area contributed by atoms with Crippen molar-refractivity contribution in [2.24, 2.45) is 0 Å². The van der Waals surface area contributed by atoms with Gasteiger partial charge in [-0.2, -0.15) is 0 Å². The summed E-state index contributed by atoms with van der Waals surface area (Å²) in [5.41, 5.74) is 8.56. The topological polar surface area (TPSA) is 3.24 Å². The number of nitrogens with zero attached hydrogens (tertiary/aromatic N) is 1. The van der Waals surface area contributed by atoms with Crippen molar-refractivity contribution in [2.75, 3.05) is 4.90 Å². The zero-order valence-electron chi connectivity index (χ0n) is 37.6. The molecule has 0 atom stereocenters. The van der Waals surface area contributed by atoms with E-state index < -0.39 is 54.4 Å². The van der Waals surface area contributed by atoms with E-state index in [1.54, 1.807) is 4.90 Å². The van der Waals surface area contributed by atoms with Gasteiger partial charge < -0.3 is 4.90 Å². The van der Waals surface area contributed by atoms with Crippen LogP contribution >= 0.6 is 0 Å². The Bertz CT molecular complexity index is 3080. The highest BCUT2D eigenvalue weighted by Crippen LogP contribution is 2.41. The minimum absolute atomic E-state index is 0.0565. The van der Waals surface area contributed by atoms with Gasteiger partial charge in [0.25, 0.3) is 0 Å². The van der Waals surface area contributed by atoms with Crippen LogP contribution in [0, 0.1) is 0 Å². The SMILES string of the molecule is [2H]c1c([2H])c([2H])c(-c2c([2H])c([2H])c(N(c3ccc(-c4ccc(-c5ccccc5)cc4)cc3)c3ccc(-c4c(-c5ccccc5)ccc5ccccc45)cc3)c([2H])c2[2H])c([2H])c1[2H]. The second-order valence-electron chi connectivity index (χ2n) is 12.7. The first-order chi connectivity index (χ1) is 30.0. The fourth-order valence-electron chi connectivity index (χ4n) is 6.83. The summed E-state index contributed by atoms with van der Waals surface area (Å²) in [4.78, 5) is 1.68. The van der Waals surface area contributed by atoms with Gasteiger partial charge >= 0.3 is 0 Å². The molecule has 0 aliphatic heterocycles. The molecule has 0 spiro atoms. The zero-order chi connectivity index (χ0) is 43.2. The molecule has 0 aliphatic carbocycles. The Morgan fingerprint density at radius 1 is 0.302 bits per heavy atom. The smallest absolute Gasteiger partial charge is 0.0645 e. The quantitative estimate of drug-likeness (QED) is 0.154. The van der Waals surface area contributed by atoms with E-state index in [2.05, 4.69) is 72.8 Å². The van der Waals surface area contributed by atoms with Crippen molar-refractivity contribution in [3.05, 3.63) is 224 Å². The van der Waals surface area contributed by atoms with Crippen molar-refractivity contribution < 1.29 is 12.3 Å². The van der Waals surface area contributed by atoms with Crippen molar-refractivity contribution in [1.82, 2.24) is 0 Å². The standard InChI is InChI=1S/C52H37N/c1-4-12-38(13-5-1)40-20-22-41(23-21-40)43-26-33-48(34-27-43)53(47-31-24-42(25-32-47)39-14-6-2-7-15-39)49-35-28-46(29-36-49)52-50-19-11-10-18-45(50)30-37-51(52)44-16-8-3-9-17-44/h1-37H/i2D,6D,7D,14D,15D,24D,25D,31D,32D. The Morgan fingerprint density at radius 2 is 0.774 bits per heavy atom. The molecule has 1 nitrogen and oxygen atoms in total. The summed E-state index contributed by atoms with van der Waals surface area (Å²) in [7, 11) is 0. The Morgan fingerprint density at radius 3 is 1.38 bits per heavy atom. The minimum Gasteiger partial charge on any atom is -0.311 e. The molecule has 9 aromatic carbocycles. The summed E-state index contributed by atoms with van der Waals surface area (Å²) in [5.74, 6) is 0. The Balaban J connectivity index is 1.20. The van der Waals surface area contributed by atoms with Crippen molar-refractivity contribution in [2.45, 2.75) is 0 Å². The molecule has 0 unspecified atom stereocenters. The average Bonchev–Trinajstić information content (AvgIpc) is 3.32. The van der Waals surface area contributed by atoms with E-state index >= 15 is 0 Å². The molecule has 0 fully saturated rings. The fourth-order valence-corrected chi connectivity index (χ4v) is 6.83. The van der Waals surface area contributed by atoms with Gasteiger partial charge in [-0.05, 0) is 103 Å². The molecular formula is C52H37N. The molecule has 0 amide bonds. The van der Waals surface area contributed by atoms with Crippen LogP contribution in [-0.4, -0.2) is 0 Å². The summed E-state index contributed by atoms with van der Waals surface area (Å²) in [5, 5.41) is 2.17. The van der Waals surface area contributed by atoms with Crippen LogP contribution in [0.5, 0.6) is 0 Å². The molecule has 0 N–H and O–H groups in total. The van der Waals surface area contributed by atoms with Gasteiger partial charge in [-0.1, -0.05) is 188 Å². The minimum atomic E-state index is -0.625. The lowest BCUT2D eigenvalue weighted by atomic mass is 9.89.